The molecule has 2 unspecified atom stereocenters. The minimum absolute atomic E-state index is 0.203. The fourth-order valence-electron chi connectivity index (χ4n) is 1.30. The molecule has 68 valence electrons. The molecule has 0 aromatic rings. The standard InChI is InChI=1S/C9H22N2/c1-7(5-6-10)8(11)9(2,3)4/h7-8H,5-6,10-11H2,1-4H3. The smallest absolute Gasteiger partial charge is 0.0114 e. The van der Waals surface area contributed by atoms with E-state index < -0.39 is 0 Å². The Bertz CT molecular complexity index is 105. The van der Waals surface area contributed by atoms with Gasteiger partial charge >= 0.3 is 0 Å². The van der Waals surface area contributed by atoms with Crippen LogP contribution in [0.4, 0.5) is 0 Å². The lowest BCUT2D eigenvalue weighted by molar-refractivity contribution is 0.241. The van der Waals surface area contributed by atoms with Crippen molar-refractivity contribution >= 4 is 0 Å². The van der Waals surface area contributed by atoms with E-state index >= 15 is 0 Å². The Balaban J connectivity index is 3.91. The molecule has 0 amide bonds. The average Bonchev–Trinajstić information content (AvgIpc) is 1.85. The van der Waals surface area contributed by atoms with Crippen LogP contribution < -0.4 is 11.5 Å². The maximum Gasteiger partial charge on any atom is 0.0114 e. The van der Waals surface area contributed by atoms with E-state index in [2.05, 4.69) is 27.7 Å². The second kappa shape index (κ2) is 4.07. The van der Waals surface area contributed by atoms with Gasteiger partial charge in [0.15, 0.2) is 0 Å². The van der Waals surface area contributed by atoms with Crippen molar-refractivity contribution in [2.45, 2.75) is 40.2 Å². The van der Waals surface area contributed by atoms with Crippen molar-refractivity contribution < 1.29 is 0 Å². The Morgan fingerprint density at radius 1 is 1.27 bits per heavy atom. The first-order valence-corrected chi connectivity index (χ1v) is 4.35. The van der Waals surface area contributed by atoms with Crippen LogP contribution in [0, 0.1) is 11.3 Å². The van der Waals surface area contributed by atoms with Gasteiger partial charge in [0.2, 0.25) is 0 Å². The van der Waals surface area contributed by atoms with Gasteiger partial charge in [0, 0.05) is 6.04 Å². The highest BCUT2D eigenvalue weighted by Crippen LogP contribution is 2.24. The summed E-state index contributed by atoms with van der Waals surface area (Å²) in [4.78, 5) is 0. The molecule has 0 radical (unpaired) electrons. The maximum atomic E-state index is 6.02. The first-order valence-electron chi connectivity index (χ1n) is 4.35. The van der Waals surface area contributed by atoms with Crippen molar-refractivity contribution in [2.75, 3.05) is 6.54 Å². The molecule has 2 heteroatoms. The second-order valence-electron chi connectivity index (χ2n) is 4.45. The van der Waals surface area contributed by atoms with E-state index in [1.54, 1.807) is 0 Å². The fraction of sp³-hybridized carbons (Fsp3) is 1.00. The monoisotopic (exact) mass is 158 g/mol. The Morgan fingerprint density at radius 3 is 2.00 bits per heavy atom. The van der Waals surface area contributed by atoms with Crippen molar-refractivity contribution in [1.82, 2.24) is 0 Å². The van der Waals surface area contributed by atoms with Crippen molar-refractivity contribution in [3.8, 4) is 0 Å². The Morgan fingerprint density at radius 2 is 1.73 bits per heavy atom. The Hall–Kier alpha value is -0.0800. The van der Waals surface area contributed by atoms with Gasteiger partial charge in [-0.15, -0.1) is 0 Å². The van der Waals surface area contributed by atoms with Crippen LogP contribution in [0.5, 0.6) is 0 Å². The quantitative estimate of drug-likeness (QED) is 0.651. The minimum atomic E-state index is 0.203. The zero-order chi connectivity index (χ0) is 9.07. The summed E-state index contributed by atoms with van der Waals surface area (Å²) < 4.78 is 0. The lowest BCUT2D eigenvalue weighted by atomic mass is 9.79. The number of rotatable bonds is 3. The van der Waals surface area contributed by atoms with E-state index in [0.29, 0.717) is 5.92 Å². The van der Waals surface area contributed by atoms with Crippen molar-refractivity contribution in [2.24, 2.45) is 22.8 Å². The van der Waals surface area contributed by atoms with Crippen LogP contribution in [0.2, 0.25) is 0 Å². The van der Waals surface area contributed by atoms with Crippen molar-refractivity contribution in [1.29, 1.82) is 0 Å². The molecular formula is C9H22N2. The third kappa shape index (κ3) is 3.73. The van der Waals surface area contributed by atoms with E-state index in [1.807, 2.05) is 0 Å². The summed E-state index contributed by atoms with van der Waals surface area (Å²) in [5.74, 6) is 0.528. The van der Waals surface area contributed by atoms with E-state index in [1.165, 1.54) is 0 Å². The van der Waals surface area contributed by atoms with Crippen LogP contribution in [0.1, 0.15) is 34.1 Å². The summed E-state index contributed by atoms with van der Waals surface area (Å²) in [6.07, 6.45) is 1.03. The predicted molar refractivity (Wildman–Crippen MR) is 50.3 cm³/mol. The van der Waals surface area contributed by atoms with Crippen molar-refractivity contribution in [3.05, 3.63) is 0 Å². The molecule has 0 aliphatic carbocycles. The highest BCUT2D eigenvalue weighted by molar-refractivity contribution is 4.81. The molecule has 0 saturated carbocycles. The van der Waals surface area contributed by atoms with Gasteiger partial charge in [0.1, 0.15) is 0 Å². The maximum absolute atomic E-state index is 6.02. The zero-order valence-corrected chi connectivity index (χ0v) is 8.22. The number of nitrogens with two attached hydrogens (primary N) is 2. The fourth-order valence-corrected chi connectivity index (χ4v) is 1.30. The molecule has 0 rings (SSSR count). The molecule has 4 N–H and O–H groups in total. The molecule has 0 aliphatic heterocycles. The van der Waals surface area contributed by atoms with E-state index in [-0.39, 0.29) is 11.5 Å². The Kier molecular flexibility index (Phi) is 4.04. The lowest BCUT2D eigenvalue weighted by Crippen LogP contribution is -2.41. The SMILES string of the molecule is CC(CCN)C(N)C(C)(C)C. The molecule has 0 heterocycles. The molecule has 0 saturated heterocycles. The molecular weight excluding hydrogens is 136 g/mol. The topological polar surface area (TPSA) is 52.0 Å². The number of hydrogen-bond acceptors (Lipinski definition) is 2. The van der Waals surface area contributed by atoms with Gasteiger partial charge in [-0.2, -0.15) is 0 Å². The summed E-state index contributed by atoms with van der Waals surface area (Å²) in [7, 11) is 0. The minimum Gasteiger partial charge on any atom is -0.330 e. The van der Waals surface area contributed by atoms with Crippen LogP contribution in [0.15, 0.2) is 0 Å². The molecule has 2 nitrogen and oxygen atoms in total. The zero-order valence-electron chi connectivity index (χ0n) is 8.22. The molecule has 0 aromatic heterocycles. The highest BCUT2D eigenvalue weighted by atomic mass is 14.7. The van der Waals surface area contributed by atoms with E-state index in [4.69, 9.17) is 11.5 Å². The van der Waals surface area contributed by atoms with Crippen LogP contribution in [0.3, 0.4) is 0 Å². The summed E-state index contributed by atoms with van der Waals surface area (Å²) in [5.41, 5.74) is 11.7. The van der Waals surface area contributed by atoms with Gasteiger partial charge in [0.05, 0.1) is 0 Å². The van der Waals surface area contributed by atoms with Crippen LogP contribution in [-0.4, -0.2) is 12.6 Å². The van der Waals surface area contributed by atoms with Gasteiger partial charge in [-0.3, -0.25) is 0 Å². The van der Waals surface area contributed by atoms with Gasteiger partial charge in [-0.25, -0.2) is 0 Å². The van der Waals surface area contributed by atoms with E-state index in [0.717, 1.165) is 13.0 Å². The van der Waals surface area contributed by atoms with Crippen molar-refractivity contribution in [3.63, 3.8) is 0 Å². The third-order valence-corrected chi connectivity index (χ3v) is 2.24. The lowest BCUT2D eigenvalue weighted by Gasteiger charge is -2.32. The third-order valence-electron chi connectivity index (χ3n) is 2.24. The van der Waals surface area contributed by atoms with Gasteiger partial charge in [0.25, 0.3) is 0 Å². The summed E-state index contributed by atoms with van der Waals surface area (Å²) in [6, 6.07) is 0.256. The van der Waals surface area contributed by atoms with Gasteiger partial charge in [-0.05, 0) is 24.3 Å². The normalized spacial score (nSPS) is 18.0. The molecule has 2 atom stereocenters. The van der Waals surface area contributed by atoms with Crippen LogP contribution >= 0.6 is 0 Å². The summed E-state index contributed by atoms with van der Waals surface area (Å²) in [5, 5.41) is 0. The molecule has 0 spiro atoms. The average molecular weight is 158 g/mol. The molecule has 0 aliphatic rings. The van der Waals surface area contributed by atoms with Gasteiger partial charge < -0.3 is 11.5 Å². The molecule has 0 fully saturated rings. The van der Waals surface area contributed by atoms with Crippen LogP contribution in [-0.2, 0) is 0 Å². The number of hydrogen-bond donors (Lipinski definition) is 2. The molecule has 11 heavy (non-hydrogen) atoms. The molecule has 0 bridgehead atoms. The first kappa shape index (κ1) is 10.9. The van der Waals surface area contributed by atoms with Crippen LogP contribution in [0.25, 0.3) is 0 Å². The second-order valence-corrected chi connectivity index (χ2v) is 4.45. The summed E-state index contributed by atoms with van der Waals surface area (Å²) in [6.45, 7) is 9.42. The Labute approximate surface area is 70.3 Å². The largest absolute Gasteiger partial charge is 0.330 e. The first-order chi connectivity index (χ1) is 4.89. The van der Waals surface area contributed by atoms with Gasteiger partial charge in [-0.1, -0.05) is 27.7 Å². The highest BCUT2D eigenvalue weighted by Gasteiger charge is 2.25. The van der Waals surface area contributed by atoms with E-state index in [9.17, 15) is 0 Å². The summed E-state index contributed by atoms with van der Waals surface area (Å²) >= 11 is 0. The molecule has 0 aromatic carbocycles. The predicted octanol–water partition coefficient (Wildman–Crippen LogP) is 1.34.